The molecule has 2 atom stereocenters. The quantitative estimate of drug-likeness (QED) is 0.694. The van der Waals surface area contributed by atoms with Crippen molar-refractivity contribution in [3.05, 3.63) is 47.0 Å². The highest BCUT2D eigenvalue weighted by Crippen LogP contribution is 2.47. The number of aliphatic carboxylic acids is 1. The summed E-state index contributed by atoms with van der Waals surface area (Å²) in [5, 5.41) is 20.6. The number of carboxylic acid groups (broad SMARTS) is 1. The molecule has 29 heavy (non-hydrogen) atoms. The lowest BCUT2D eigenvalue weighted by Crippen LogP contribution is -2.52. The molecular weight excluding hydrogens is 384 g/mol. The van der Waals surface area contributed by atoms with Crippen molar-refractivity contribution >= 4 is 11.9 Å². The number of carbonyl (C=O) groups is 2. The van der Waals surface area contributed by atoms with Crippen LogP contribution < -0.4 is 18.9 Å². The summed E-state index contributed by atoms with van der Waals surface area (Å²) in [5.41, 5.74) is 0.534. The second-order valence-corrected chi connectivity index (χ2v) is 6.26. The third-order valence-corrected chi connectivity index (χ3v) is 4.74. The largest absolute Gasteiger partial charge is 0.497 e. The van der Waals surface area contributed by atoms with Crippen LogP contribution in [-0.2, 0) is 9.53 Å². The van der Waals surface area contributed by atoms with Crippen LogP contribution in [0.25, 0.3) is 0 Å². The highest BCUT2D eigenvalue weighted by atomic mass is 16.7. The van der Waals surface area contributed by atoms with Crippen molar-refractivity contribution in [3.63, 3.8) is 0 Å². The molecule has 1 aliphatic rings. The number of rotatable bonds is 6. The third-order valence-electron chi connectivity index (χ3n) is 4.74. The number of fused-ring (bicyclic) bond motifs is 1. The van der Waals surface area contributed by atoms with Crippen LogP contribution in [0.4, 0.5) is 0 Å². The average Bonchev–Trinajstić information content (AvgIpc) is 2.72. The first-order valence-electron chi connectivity index (χ1n) is 8.47. The number of hydrogen-bond acceptors (Lipinski definition) is 8. The third kappa shape index (κ3) is 3.29. The Balaban J connectivity index is 2.34. The Morgan fingerprint density at radius 1 is 0.931 bits per heavy atom. The number of hydrogen-bond donors (Lipinski definition) is 2. The molecule has 0 radical (unpaired) electrons. The monoisotopic (exact) mass is 404 g/mol. The molecule has 0 amide bonds. The number of carboxylic acids is 1. The molecule has 2 unspecified atom stereocenters. The maximum absolute atomic E-state index is 12.5. The van der Waals surface area contributed by atoms with Gasteiger partial charge < -0.3 is 33.9 Å². The van der Waals surface area contributed by atoms with E-state index in [-0.39, 0.29) is 22.6 Å². The van der Waals surface area contributed by atoms with Crippen molar-refractivity contribution in [3.8, 4) is 23.0 Å². The molecule has 1 aliphatic heterocycles. The van der Waals surface area contributed by atoms with Crippen LogP contribution in [0.1, 0.15) is 27.4 Å². The van der Waals surface area contributed by atoms with E-state index in [9.17, 15) is 19.8 Å². The average molecular weight is 404 g/mol. The molecule has 0 saturated heterocycles. The van der Waals surface area contributed by atoms with Crippen LogP contribution in [0.3, 0.4) is 0 Å². The Kier molecular flexibility index (Phi) is 5.25. The summed E-state index contributed by atoms with van der Waals surface area (Å²) in [5.74, 6) is -5.64. The fourth-order valence-corrected chi connectivity index (χ4v) is 3.35. The molecule has 0 fully saturated rings. The van der Waals surface area contributed by atoms with Gasteiger partial charge in [-0.25, -0.2) is 9.59 Å². The van der Waals surface area contributed by atoms with Crippen molar-refractivity contribution < 1.29 is 43.5 Å². The zero-order chi connectivity index (χ0) is 21.3. The molecule has 0 spiro atoms. The summed E-state index contributed by atoms with van der Waals surface area (Å²) in [6.45, 7) is 0. The van der Waals surface area contributed by atoms with Gasteiger partial charge in [0.1, 0.15) is 11.5 Å². The lowest BCUT2D eigenvalue weighted by Gasteiger charge is -2.37. The predicted molar refractivity (Wildman–Crippen MR) is 98.9 cm³/mol. The zero-order valence-electron chi connectivity index (χ0n) is 16.2. The molecule has 1 heterocycles. The SMILES string of the molecule is COc1cc(OC)cc(C2c3cc(OC)c(OC)cc3C(=O)OC2(O)C(=O)O)c1. The molecule has 9 nitrogen and oxygen atoms in total. The number of esters is 1. The summed E-state index contributed by atoms with van der Waals surface area (Å²) in [4.78, 5) is 24.5. The maximum Gasteiger partial charge on any atom is 0.378 e. The number of ether oxygens (including phenoxy) is 5. The van der Waals surface area contributed by atoms with Gasteiger partial charge in [-0.1, -0.05) is 0 Å². The standard InChI is InChI=1S/C20H20O9/c1-25-11-5-10(6-12(7-11)26-2)17-13-8-15(27-3)16(28-4)9-14(13)18(21)29-20(17,24)19(22)23/h5-9,17,24H,1-4H3,(H,22,23). The lowest BCUT2D eigenvalue weighted by atomic mass is 9.79. The summed E-state index contributed by atoms with van der Waals surface area (Å²) in [7, 11) is 5.67. The second kappa shape index (κ2) is 7.51. The molecule has 0 bridgehead atoms. The van der Waals surface area contributed by atoms with Crippen LogP contribution >= 0.6 is 0 Å². The van der Waals surface area contributed by atoms with Crippen LogP contribution in [0, 0.1) is 0 Å². The van der Waals surface area contributed by atoms with E-state index in [1.165, 1.54) is 52.7 Å². The Bertz CT molecular complexity index is 946. The molecule has 3 rings (SSSR count). The van der Waals surface area contributed by atoms with Crippen molar-refractivity contribution in [2.45, 2.75) is 11.7 Å². The zero-order valence-corrected chi connectivity index (χ0v) is 16.2. The summed E-state index contributed by atoms with van der Waals surface area (Å²) in [6, 6.07) is 7.47. The highest BCUT2D eigenvalue weighted by molar-refractivity contribution is 5.97. The minimum atomic E-state index is -2.86. The minimum Gasteiger partial charge on any atom is -0.497 e. The van der Waals surface area contributed by atoms with Crippen LogP contribution in [0.15, 0.2) is 30.3 Å². The first kappa shape index (κ1) is 20.3. The van der Waals surface area contributed by atoms with Crippen molar-refractivity contribution in [2.24, 2.45) is 0 Å². The van der Waals surface area contributed by atoms with E-state index in [1.807, 2.05) is 0 Å². The van der Waals surface area contributed by atoms with Crippen LogP contribution in [-0.4, -0.2) is 56.4 Å². The highest BCUT2D eigenvalue weighted by Gasteiger charge is 2.55. The topological polar surface area (TPSA) is 121 Å². The lowest BCUT2D eigenvalue weighted by molar-refractivity contribution is -0.211. The first-order valence-corrected chi connectivity index (χ1v) is 8.47. The Hall–Kier alpha value is -3.46. The summed E-state index contributed by atoms with van der Waals surface area (Å²) >= 11 is 0. The van der Waals surface area contributed by atoms with E-state index in [0.717, 1.165) is 0 Å². The van der Waals surface area contributed by atoms with Gasteiger partial charge in [-0.2, -0.15) is 0 Å². The number of aliphatic hydroxyl groups is 1. The van der Waals surface area contributed by atoms with Gasteiger partial charge in [0, 0.05) is 6.07 Å². The Morgan fingerprint density at radius 3 is 1.97 bits per heavy atom. The normalized spacial score (nSPS) is 20.3. The second-order valence-electron chi connectivity index (χ2n) is 6.26. The number of benzene rings is 2. The van der Waals surface area contributed by atoms with Crippen molar-refractivity contribution in [2.75, 3.05) is 28.4 Å². The van der Waals surface area contributed by atoms with E-state index in [0.29, 0.717) is 17.1 Å². The van der Waals surface area contributed by atoms with Crippen molar-refractivity contribution in [1.29, 1.82) is 0 Å². The molecule has 0 aromatic heterocycles. The maximum atomic E-state index is 12.5. The van der Waals surface area contributed by atoms with Crippen molar-refractivity contribution in [1.82, 2.24) is 0 Å². The molecule has 2 aromatic carbocycles. The molecule has 2 aromatic rings. The fraction of sp³-hybridized carbons (Fsp3) is 0.300. The van der Waals surface area contributed by atoms with E-state index in [1.54, 1.807) is 6.07 Å². The molecule has 0 aliphatic carbocycles. The van der Waals surface area contributed by atoms with Gasteiger partial charge in [0.25, 0.3) is 0 Å². The summed E-state index contributed by atoms with van der Waals surface area (Å²) < 4.78 is 26.0. The Morgan fingerprint density at radius 2 is 1.48 bits per heavy atom. The van der Waals surface area contributed by atoms with Crippen LogP contribution in [0.5, 0.6) is 23.0 Å². The molecule has 2 N–H and O–H groups in total. The van der Waals surface area contributed by atoms with Gasteiger partial charge in [-0.05, 0) is 35.4 Å². The van der Waals surface area contributed by atoms with E-state index in [2.05, 4.69) is 0 Å². The predicted octanol–water partition coefficient (Wildman–Crippen LogP) is 1.80. The fourth-order valence-electron chi connectivity index (χ4n) is 3.35. The number of methoxy groups -OCH3 is 4. The minimum absolute atomic E-state index is 0.0420. The van der Waals surface area contributed by atoms with E-state index < -0.39 is 23.6 Å². The number of carbonyl (C=O) groups excluding carboxylic acids is 1. The van der Waals surface area contributed by atoms with Crippen LogP contribution in [0.2, 0.25) is 0 Å². The number of cyclic esters (lactones) is 1. The van der Waals surface area contributed by atoms with Gasteiger partial charge in [-0.15, -0.1) is 0 Å². The Labute approximate surface area is 166 Å². The van der Waals surface area contributed by atoms with Gasteiger partial charge in [0.2, 0.25) is 0 Å². The smallest absolute Gasteiger partial charge is 0.378 e. The van der Waals surface area contributed by atoms with Gasteiger partial charge >= 0.3 is 17.7 Å². The first-order chi connectivity index (χ1) is 13.8. The van der Waals surface area contributed by atoms with E-state index in [4.69, 9.17) is 23.7 Å². The molecule has 9 heteroatoms. The van der Waals surface area contributed by atoms with Gasteiger partial charge in [0.15, 0.2) is 11.5 Å². The van der Waals surface area contributed by atoms with Gasteiger partial charge in [-0.3, -0.25) is 0 Å². The summed E-state index contributed by atoms with van der Waals surface area (Å²) in [6.07, 6.45) is 0. The van der Waals surface area contributed by atoms with E-state index >= 15 is 0 Å². The van der Waals surface area contributed by atoms with Gasteiger partial charge in [0.05, 0.1) is 39.9 Å². The molecule has 154 valence electrons. The molecule has 0 saturated carbocycles. The molecular formula is C20H20O9.